The van der Waals surface area contributed by atoms with Crippen LogP contribution >= 0.6 is 0 Å². The fourth-order valence-electron chi connectivity index (χ4n) is 2.85. The number of hydrogen-bond acceptors (Lipinski definition) is 3. The van der Waals surface area contributed by atoms with Crippen molar-refractivity contribution in [3.05, 3.63) is 29.3 Å². The Bertz CT molecular complexity index is 433. The highest BCUT2D eigenvalue weighted by molar-refractivity contribution is 5.56. The summed E-state index contributed by atoms with van der Waals surface area (Å²) in [5, 5.41) is 9.59. The summed E-state index contributed by atoms with van der Waals surface area (Å²) in [7, 11) is 2.11. The Labute approximate surface area is 116 Å². The molecule has 0 saturated carbocycles. The number of aryl methyl sites for hydroxylation is 1. The van der Waals surface area contributed by atoms with E-state index >= 15 is 0 Å². The van der Waals surface area contributed by atoms with Crippen LogP contribution in [0.1, 0.15) is 24.5 Å². The predicted molar refractivity (Wildman–Crippen MR) is 80.8 cm³/mol. The maximum Gasteiger partial charge on any atom is 0.0604 e. The van der Waals surface area contributed by atoms with E-state index in [0.29, 0.717) is 6.04 Å². The molecule has 2 rings (SSSR count). The van der Waals surface area contributed by atoms with Gasteiger partial charge in [-0.3, -0.25) is 4.90 Å². The van der Waals surface area contributed by atoms with Gasteiger partial charge < -0.3 is 10.0 Å². The van der Waals surface area contributed by atoms with Crippen LogP contribution in [0.5, 0.6) is 0 Å². The summed E-state index contributed by atoms with van der Waals surface area (Å²) in [4.78, 5) is 4.74. The number of benzene rings is 1. The van der Waals surface area contributed by atoms with Crippen LogP contribution in [0.3, 0.4) is 0 Å². The first-order valence-electron chi connectivity index (χ1n) is 7.18. The SMILES string of the molecule is Cc1cccc(N2CC(CO)N(C)CCC2C)c1C. The molecule has 0 aliphatic carbocycles. The Morgan fingerprint density at radius 2 is 2.05 bits per heavy atom. The van der Waals surface area contributed by atoms with Gasteiger partial charge in [-0.2, -0.15) is 0 Å². The van der Waals surface area contributed by atoms with Gasteiger partial charge in [0.25, 0.3) is 0 Å². The number of aliphatic hydroxyl groups is 1. The smallest absolute Gasteiger partial charge is 0.0604 e. The third kappa shape index (κ3) is 2.93. The van der Waals surface area contributed by atoms with Gasteiger partial charge in [0, 0.05) is 30.9 Å². The summed E-state index contributed by atoms with van der Waals surface area (Å²) in [5.74, 6) is 0. The van der Waals surface area contributed by atoms with Crippen LogP contribution in [0.25, 0.3) is 0 Å². The summed E-state index contributed by atoms with van der Waals surface area (Å²) in [6.07, 6.45) is 1.14. The lowest BCUT2D eigenvalue weighted by atomic mass is 10.0. The molecule has 0 bridgehead atoms. The Kier molecular flexibility index (Phi) is 4.48. The summed E-state index contributed by atoms with van der Waals surface area (Å²) in [6.45, 7) is 8.82. The molecule has 2 atom stereocenters. The van der Waals surface area contributed by atoms with Crippen molar-refractivity contribution in [1.29, 1.82) is 0 Å². The molecular formula is C16H26N2O. The van der Waals surface area contributed by atoms with Crippen molar-refractivity contribution in [1.82, 2.24) is 4.90 Å². The number of anilines is 1. The van der Waals surface area contributed by atoms with Crippen LogP contribution < -0.4 is 4.90 Å². The Morgan fingerprint density at radius 1 is 1.32 bits per heavy atom. The molecule has 1 aromatic rings. The average molecular weight is 262 g/mol. The second-order valence-electron chi connectivity index (χ2n) is 5.83. The molecule has 0 spiro atoms. The quantitative estimate of drug-likeness (QED) is 0.885. The van der Waals surface area contributed by atoms with E-state index in [1.807, 2.05) is 0 Å². The molecule has 1 aliphatic heterocycles. The largest absolute Gasteiger partial charge is 0.395 e. The van der Waals surface area contributed by atoms with Gasteiger partial charge in [-0.15, -0.1) is 0 Å². The van der Waals surface area contributed by atoms with Crippen LogP contribution in [0.4, 0.5) is 5.69 Å². The van der Waals surface area contributed by atoms with E-state index < -0.39 is 0 Å². The van der Waals surface area contributed by atoms with Crippen LogP contribution in [0.2, 0.25) is 0 Å². The first-order valence-corrected chi connectivity index (χ1v) is 7.18. The van der Waals surface area contributed by atoms with Gasteiger partial charge in [0.05, 0.1) is 6.61 Å². The van der Waals surface area contributed by atoms with Gasteiger partial charge in [-0.1, -0.05) is 12.1 Å². The molecule has 1 aromatic carbocycles. The Balaban J connectivity index is 2.32. The van der Waals surface area contributed by atoms with Crippen LogP contribution in [0.15, 0.2) is 18.2 Å². The topological polar surface area (TPSA) is 26.7 Å². The average Bonchev–Trinajstić information content (AvgIpc) is 2.54. The molecule has 1 heterocycles. The normalized spacial score (nSPS) is 25.4. The van der Waals surface area contributed by atoms with E-state index in [9.17, 15) is 5.11 Å². The molecule has 3 nitrogen and oxygen atoms in total. The molecule has 2 unspecified atom stereocenters. The van der Waals surface area contributed by atoms with Crippen molar-refractivity contribution in [3.8, 4) is 0 Å². The molecular weight excluding hydrogens is 236 g/mol. The second-order valence-corrected chi connectivity index (χ2v) is 5.83. The molecule has 1 saturated heterocycles. The van der Waals surface area contributed by atoms with Gasteiger partial charge in [0.1, 0.15) is 0 Å². The van der Waals surface area contributed by atoms with Crippen molar-refractivity contribution in [2.75, 3.05) is 31.6 Å². The van der Waals surface area contributed by atoms with Gasteiger partial charge >= 0.3 is 0 Å². The van der Waals surface area contributed by atoms with E-state index in [1.54, 1.807) is 0 Å². The lowest BCUT2D eigenvalue weighted by molar-refractivity contribution is 0.159. The highest BCUT2D eigenvalue weighted by atomic mass is 16.3. The molecule has 3 heteroatoms. The fourth-order valence-corrected chi connectivity index (χ4v) is 2.85. The molecule has 19 heavy (non-hydrogen) atoms. The molecule has 0 radical (unpaired) electrons. The van der Waals surface area contributed by atoms with Gasteiger partial charge in [0.15, 0.2) is 0 Å². The minimum absolute atomic E-state index is 0.227. The number of rotatable bonds is 2. The molecule has 1 fully saturated rings. The molecule has 1 N–H and O–H groups in total. The number of hydrogen-bond donors (Lipinski definition) is 1. The van der Waals surface area contributed by atoms with Crippen molar-refractivity contribution in [2.24, 2.45) is 0 Å². The molecule has 106 valence electrons. The molecule has 1 aliphatic rings. The number of nitrogens with zero attached hydrogens (tertiary/aromatic N) is 2. The zero-order valence-electron chi connectivity index (χ0n) is 12.6. The molecule has 0 aromatic heterocycles. The zero-order valence-corrected chi connectivity index (χ0v) is 12.6. The Hall–Kier alpha value is -1.06. The first-order chi connectivity index (χ1) is 9.04. The summed E-state index contributed by atoms with van der Waals surface area (Å²) in [6, 6.07) is 7.24. The first kappa shape index (κ1) is 14.4. The maximum absolute atomic E-state index is 9.59. The van der Waals surface area contributed by atoms with Crippen molar-refractivity contribution in [3.63, 3.8) is 0 Å². The van der Waals surface area contributed by atoms with Gasteiger partial charge in [-0.25, -0.2) is 0 Å². The van der Waals surface area contributed by atoms with Crippen LogP contribution in [-0.4, -0.2) is 48.8 Å². The van der Waals surface area contributed by atoms with E-state index in [4.69, 9.17) is 0 Å². The number of likely N-dealkylation sites (N-methyl/N-ethyl adjacent to an activating group) is 1. The van der Waals surface area contributed by atoms with Gasteiger partial charge in [-0.05, 0) is 51.4 Å². The number of aliphatic hydroxyl groups excluding tert-OH is 1. The van der Waals surface area contributed by atoms with Crippen molar-refractivity contribution >= 4 is 5.69 Å². The lowest BCUT2D eigenvalue weighted by Crippen LogP contribution is -2.43. The van der Waals surface area contributed by atoms with E-state index in [0.717, 1.165) is 19.5 Å². The monoisotopic (exact) mass is 262 g/mol. The standard InChI is InChI=1S/C16H26N2O/c1-12-6-5-7-16(14(12)3)18-10-15(11-19)17(4)9-8-13(18)2/h5-7,13,15,19H,8-11H2,1-4H3. The minimum Gasteiger partial charge on any atom is -0.395 e. The van der Waals surface area contributed by atoms with Crippen LogP contribution in [-0.2, 0) is 0 Å². The second kappa shape index (κ2) is 5.93. The van der Waals surface area contributed by atoms with E-state index in [-0.39, 0.29) is 12.6 Å². The van der Waals surface area contributed by atoms with Crippen molar-refractivity contribution < 1.29 is 5.11 Å². The molecule has 0 amide bonds. The summed E-state index contributed by atoms with van der Waals surface area (Å²) < 4.78 is 0. The van der Waals surface area contributed by atoms with Crippen molar-refractivity contribution in [2.45, 2.75) is 39.3 Å². The van der Waals surface area contributed by atoms with Gasteiger partial charge in [0.2, 0.25) is 0 Å². The third-order valence-corrected chi connectivity index (χ3v) is 4.56. The lowest BCUT2D eigenvalue weighted by Gasteiger charge is -2.33. The fraction of sp³-hybridized carbons (Fsp3) is 0.625. The highest BCUT2D eigenvalue weighted by Crippen LogP contribution is 2.27. The maximum atomic E-state index is 9.59. The Morgan fingerprint density at radius 3 is 2.74 bits per heavy atom. The highest BCUT2D eigenvalue weighted by Gasteiger charge is 2.27. The van der Waals surface area contributed by atoms with E-state index in [1.165, 1.54) is 16.8 Å². The predicted octanol–water partition coefficient (Wildman–Crippen LogP) is 2.19. The van der Waals surface area contributed by atoms with Crippen LogP contribution in [0, 0.1) is 13.8 Å². The third-order valence-electron chi connectivity index (χ3n) is 4.56. The van der Waals surface area contributed by atoms with E-state index in [2.05, 4.69) is 55.8 Å². The zero-order chi connectivity index (χ0) is 14.0. The summed E-state index contributed by atoms with van der Waals surface area (Å²) >= 11 is 0. The minimum atomic E-state index is 0.227. The summed E-state index contributed by atoms with van der Waals surface area (Å²) in [5.41, 5.74) is 4.01.